The Hall–Kier alpha value is -1.07. The third-order valence-electron chi connectivity index (χ3n) is 3.41. The van der Waals surface area contributed by atoms with Gasteiger partial charge in [0, 0.05) is 13.0 Å². The lowest BCUT2D eigenvalue weighted by Crippen LogP contribution is -2.51. The van der Waals surface area contributed by atoms with Gasteiger partial charge in [0.25, 0.3) is 0 Å². The van der Waals surface area contributed by atoms with E-state index in [4.69, 9.17) is 4.74 Å². The molecule has 2 nitrogen and oxygen atoms in total. The van der Waals surface area contributed by atoms with Crippen LogP contribution in [0.5, 0.6) is 0 Å². The van der Waals surface area contributed by atoms with Crippen molar-refractivity contribution in [3.8, 4) is 0 Å². The molecule has 0 bridgehead atoms. The van der Waals surface area contributed by atoms with E-state index in [2.05, 4.69) is 5.32 Å². The van der Waals surface area contributed by atoms with Crippen molar-refractivity contribution in [2.24, 2.45) is 0 Å². The first-order valence-corrected chi connectivity index (χ1v) is 5.59. The van der Waals surface area contributed by atoms with Gasteiger partial charge in [-0.2, -0.15) is 13.2 Å². The molecule has 1 heterocycles. The summed E-state index contributed by atoms with van der Waals surface area (Å²) in [6.45, 7) is -0.168. The van der Waals surface area contributed by atoms with Gasteiger partial charge >= 0.3 is 6.18 Å². The Kier molecular flexibility index (Phi) is 2.41. The van der Waals surface area contributed by atoms with Gasteiger partial charge in [0.1, 0.15) is 0 Å². The van der Waals surface area contributed by atoms with Crippen molar-refractivity contribution < 1.29 is 17.9 Å². The van der Waals surface area contributed by atoms with Gasteiger partial charge in [-0.25, -0.2) is 0 Å². The number of benzene rings is 1. The number of hydrogen-bond donors (Lipinski definition) is 1. The molecule has 5 heteroatoms. The molecular weight excluding hydrogens is 231 g/mol. The first kappa shape index (κ1) is 11.0. The van der Waals surface area contributed by atoms with Gasteiger partial charge in [0.2, 0.25) is 0 Å². The molecule has 17 heavy (non-hydrogen) atoms. The number of rotatable bonds is 0. The monoisotopic (exact) mass is 243 g/mol. The fourth-order valence-corrected chi connectivity index (χ4v) is 2.61. The van der Waals surface area contributed by atoms with Crippen molar-refractivity contribution >= 4 is 0 Å². The minimum atomic E-state index is -4.28. The van der Waals surface area contributed by atoms with E-state index < -0.39 is 18.4 Å². The molecule has 1 saturated heterocycles. The fourth-order valence-electron chi connectivity index (χ4n) is 2.61. The number of ether oxygens (including phenoxy) is 1. The van der Waals surface area contributed by atoms with E-state index in [1.807, 2.05) is 24.3 Å². The first-order valence-electron chi connectivity index (χ1n) is 5.59. The predicted octanol–water partition coefficient (Wildman–Crippen LogP) is 2.20. The highest BCUT2D eigenvalue weighted by atomic mass is 19.4. The largest absolute Gasteiger partial charge is 0.415 e. The Balaban J connectivity index is 1.82. The number of nitrogens with one attached hydrogen (secondary N) is 1. The predicted molar refractivity (Wildman–Crippen MR) is 55.6 cm³/mol. The summed E-state index contributed by atoms with van der Waals surface area (Å²) in [4.78, 5) is 0. The lowest BCUT2D eigenvalue weighted by Gasteiger charge is -2.34. The molecule has 1 fully saturated rings. The Morgan fingerprint density at radius 1 is 1.24 bits per heavy atom. The highest BCUT2D eigenvalue weighted by molar-refractivity contribution is 5.37. The average Bonchev–Trinajstić information content (AvgIpc) is 2.65. The highest BCUT2D eigenvalue weighted by Gasteiger charge is 2.48. The summed E-state index contributed by atoms with van der Waals surface area (Å²) in [5.41, 5.74) is 2.15. The Morgan fingerprint density at radius 2 is 2.00 bits per heavy atom. The van der Waals surface area contributed by atoms with E-state index in [9.17, 15) is 13.2 Å². The molecule has 1 aliphatic heterocycles. The van der Waals surface area contributed by atoms with E-state index in [1.54, 1.807) is 0 Å². The van der Waals surface area contributed by atoms with Gasteiger partial charge in [-0.1, -0.05) is 24.3 Å². The second kappa shape index (κ2) is 3.71. The normalized spacial score (nSPS) is 32.1. The summed E-state index contributed by atoms with van der Waals surface area (Å²) in [6.07, 6.45) is -5.81. The van der Waals surface area contributed by atoms with Gasteiger partial charge < -0.3 is 10.1 Å². The zero-order valence-electron chi connectivity index (χ0n) is 9.00. The van der Waals surface area contributed by atoms with Gasteiger partial charge in [-0.05, 0) is 11.1 Å². The summed E-state index contributed by atoms with van der Waals surface area (Å²) in [5, 5.41) is 2.95. The molecule has 3 unspecified atom stereocenters. The Bertz CT molecular complexity index is 432. The van der Waals surface area contributed by atoms with Crippen LogP contribution in [-0.4, -0.2) is 24.9 Å². The molecule has 92 valence electrons. The molecule has 1 aromatic carbocycles. The zero-order chi connectivity index (χ0) is 12.0. The maximum atomic E-state index is 12.6. The lowest BCUT2D eigenvalue weighted by molar-refractivity contribution is -0.244. The van der Waals surface area contributed by atoms with Crippen LogP contribution < -0.4 is 5.32 Å². The lowest BCUT2D eigenvalue weighted by atomic mass is 10.1. The molecule has 1 N–H and O–H groups in total. The Labute approximate surface area is 96.8 Å². The molecule has 0 saturated carbocycles. The van der Waals surface area contributed by atoms with Crippen LogP contribution in [0.2, 0.25) is 0 Å². The number of alkyl halides is 3. The summed E-state index contributed by atoms with van der Waals surface area (Å²) in [7, 11) is 0. The molecule has 3 atom stereocenters. The first-order chi connectivity index (χ1) is 8.05. The molecule has 0 aromatic heterocycles. The minimum absolute atomic E-state index is 0.0928. The summed E-state index contributed by atoms with van der Waals surface area (Å²) in [5.74, 6) is 0. The van der Waals surface area contributed by atoms with E-state index in [-0.39, 0.29) is 12.6 Å². The molecule has 0 spiro atoms. The van der Waals surface area contributed by atoms with Crippen molar-refractivity contribution in [1.82, 2.24) is 5.32 Å². The molecule has 1 aliphatic carbocycles. The number of hydrogen-bond acceptors (Lipinski definition) is 2. The third kappa shape index (κ3) is 1.83. The van der Waals surface area contributed by atoms with Gasteiger partial charge in [-0.3, -0.25) is 0 Å². The Morgan fingerprint density at radius 3 is 2.76 bits per heavy atom. The highest BCUT2D eigenvalue weighted by Crippen LogP contribution is 2.38. The number of morpholine rings is 1. The van der Waals surface area contributed by atoms with Crippen LogP contribution in [0.4, 0.5) is 13.2 Å². The van der Waals surface area contributed by atoms with E-state index in [0.29, 0.717) is 6.42 Å². The van der Waals surface area contributed by atoms with Crippen LogP contribution in [-0.2, 0) is 11.2 Å². The van der Waals surface area contributed by atoms with Crippen LogP contribution in [0, 0.1) is 0 Å². The summed E-state index contributed by atoms with van der Waals surface area (Å²) >= 11 is 0. The smallest absolute Gasteiger partial charge is 0.362 e. The standard InChI is InChI=1S/C12H12F3NO/c13-12(14,15)10-6-16-11-8-4-2-1-3-7(8)5-9(11)17-10/h1-4,9-11,16H,5-6H2. The van der Waals surface area contributed by atoms with E-state index >= 15 is 0 Å². The molecule has 0 radical (unpaired) electrons. The van der Waals surface area contributed by atoms with Crippen LogP contribution in [0.1, 0.15) is 17.2 Å². The second-order valence-corrected chi connectivity index (χ2v) is 4.49. The van der Waals surface area contributed by atoms with Crippen LogP contribution in [0.3, 0.4) is 0 Å². The van der Waals surface area contributed by atoms with Gasteiger partial charge in [0.05, 0.1) is 12.1 Å². The van der Waals surface area contributed by atoms with Crippen molar-refractivity contribution in [2.75, 3.05) is 6.54 Å². The fraction of sp³-hybridized carbons (Fsp3) is 0.500. The van der Waals surface area contributed by atoms with Crippen LogP contribution >= 0.6 is 0 Å². The van der Waals surface area contributed by atoms with Gasteiger partial charge in [0.15, 0.2) is 6.10 Å². The zero-order valence-corrected chi connectivity index (χ0v) is 9.00. The maximum absolute atomic E-state index is 12.6. The van der Waals surface area contributed by atoms with Crippen molar-refractivity contribution in [3.05, 3.63) is 35.4 Å². The number of fused-ring (bicyclic) bond motifs is 3. The minimum Gasteiger partial charge on any atom is -0.362 e. The molecule has 0 amide bonds. The third-order valence-corrected chi connectivity index (χ3v) is 3.41. The van der Waals surface area contributed by atoms with Crippen LogP contribution in [0.15, 0.2) is 24.3 Å². The quantitative estimate of drug-likeness (QED) is 0.754. The maximum Gasteiger partial charge on any atom is 0.415 e. The van der Waals surface area contributed by atoms with Crippen LogP contribution in [0.25, 0.3) is 0 Å². The topological polar surface area (TPSA) is 21.3 Å². The average molecular weight is 243 g/mol. The summed E-state index contributed by atoms with van der Waals surface area (Å²) < 4.78 is 42.9. The SMILES string of the molecule is FC(F)(F)C1CNC2c3ccccc3CC2O1. The van der Waals surface area contributed by atoms with Crippen molar-refractivity contribution in [3.63, 3.8) is 0 Å². The van der Waals surface area contributed by atoms with Gasteiger partial charge in [-0.15, -0.1) is 0 Å². The van der Waals surface area contributed by atoms with E-state index in [1.165, 1.54) is 0 Å². The van der Waals surface area contributed by atoms with E-state index in [0.717, 1.165) is 11.1 Å². The number of halogens is 3. The van der Waals surface area contributed by atoms with Crippen molar-refractivity contribution in [2.45, 2.75) is 30.8 Å². The molecular formula is C12H12F3NO. The summed E-state index contributed by atoms with van der Waals surface area (Å²) in [6, 6.07) is 7.60. The second-order valence-electron chi connectivity index (χ2n) is 4.49. The molecule has 3 rings (SSSR count). The molecule has 2 aliphatic rings. The van der Waals surface area contributed by atoms with Crippen molar-refractivity contribution in [1.29, 1.82) is 0 Å². The molecule has 1 aromatic rings.